The lowest BCUT2D eigenvalue weighted by atomic mass is 10.4. The number of nitrogen functional groups attached to an aromatic ring is 1. The average molecular weight is 206 g/mol. The molecule has 0 aliphatic carbocycles. The molecule has 2 N–H and O–H groups in total. The standard InChI is InChI=1S/C8H10N6O/c1-2-15-8-6(9)7(11-4-12-8)14-5-10-3-13-14/h3-5H,2,9H2,1H3. The fraction of sp³-hybridized carbons (Fsp3) is 0.250. The molecule has 2 heterocycles. The highest BCUT2D eigenvalue weighted by Crippen LogP contribution is 2.22. The SMILES string of the molecule is CCOc1ncnc(-n2cncn2)c1N. The number of ether oxygens (including phenoxy) is 1. The summed E-state index contributed by atoms with van der Waals surface area (Å²) >= 11 is 0. The highest BCUT2D eigenvalue weighted by atomic mass is 16.5. The van der Waals surface area contributed by atoms with Gasteiger partial charge in [-0.15, -0.1) is 0 Å². The zero-order valence-electron chi connectivity index (χ0n) is 8.16. The van der Waals surface area contributed by atoms with Crippen molar-refractivity contribution < 1.29 is 4.74 Å². The van der Waals surface area contributed by atoms with Crippen molar-refractivity contribution in [3.05, 3.63) is 19.0 Å². The van der Waals surface area contributed by atoms with Gasteiger partial charge < -0.3 is 10.5 Å². The van der Waals surface area contributed by atoms with Crippen molar-refractivity contribution in [2.24, 2.45) is 0 Å². The second kappa shape index (κ2) is 3.91. The van der Waals surface area contributed by atoms with Crippen LogP contribution in [0.5, 0.6) is 5.88 Å². The number of nitrogens with two attached hydrogens (primary N) is 1. The Morgan fingerprint density at radius 1 is 1.40 bits per heavy atom. The van der Waals surface area contributed by atoms with Gasteiger partial charge in [-0.1, -0.05) is 0 Å². The van der Waals surface area contributed by atoms with Gasteiger partial charge in [-0.3, -0.25) is 0 Å². The molecule has 15 heavy (non-hydrogen) atoms. The second-order valence-corrected chi connectivity index (χ2v) is 2.69. The van der Waals surface area contributed by atoms with E-state index in [1.54, 1.807) is 0 Å². The topological polar surface area (TPSA) is 91.7 Å². The summed E-state index contributed by atoms with van der Waals surface area (Å²) in [6.45, 7) is 2.36. The molecular weight excluding hydrogens is 196 g/mol. The van der Waals surface area contributed by atoms with E-state index in [9.17, 15) is 0 Å². The molecule has 0 spiro atoms. The van der Waals surface area contributed by atoms with E-state index in [0.29, 0.717) is 24.0 Å². The molecule has 7 nitrogen and oxygen atoms in total. The Labute approximate surface area is 85.9 Å². The van der Waals surface area contributed by atoms with Crippen LogP contribution in [0.1, 0.15) is 6.92 Å². The summed E-state index contributed by atoms with van der Waals surface area (Å²) in [5, 5.41) is 3.93. The number of nitrogens with zero attached hydrogens (tertiary/aromatic N) is 5. The molecule has 0 aliphatic rings. The van der Waals surface area contributed by atoms with E-state index in [2.05, 4.69) is 20.1 Å². The van der Waals surface area contributed by atoms with Gasteiger partial charge in [-0.25, -0.2) is 14.6 Å². The van der Waals surface area contributed by atoms with E-state index in [1.165, 1.54) is 23.7 Å². The van der Waals surface area contributed by atoms with Crippen LogP contribution in [0, 0.1) is 0 Å². The van der Waals surface area contributed by atoms with Crippen molar-refractivity contribution in [1.29, 1.82) is 0 Å². The minimum atomic E-state index is 0.352. The van der Waals surface area contributed by atoms with Gasteiger partial charge in [0.05, 0.1) is 6.61 Å². The van der Waals surface area contributed by atoms with Gasteiger partial charge in [0.2, 0.25) is 5.88 Å². The van der Waals surface area contributed by atoms with E-state index in [0.717, 1.165) is 0 Å². The number of hydrogen-bond donors (Lipinski definition) is 1. The molecular formula is C8H10N6O. The monoisotopic (exact) mass is 206 g/mol. The molecule has 78 valence electrons. The minimum Gasteiger partial charge on any atom is -0.476 e. The summed E-state index contributed by atoms with van der Waals surface area (Å²) in [7, 11) is 0. The van der Waals surface area contributed by atoms with E-state index in [4.69, 9.17) is 10.5 Å². The summed E-state index contributed by atoms with van der Waals surface area (Å²) in [5.41, 5.74) is 6.17. The summed E-state index contributed by atoms with van der Waals surface area (Å²) in [6, 6.07) is 0. The van der Waals surface area contributed by atoms with Crippen LogP contribution in [0.3, 0.4) is 0 Å². The first-order chi connectivity index (χ1) is 7.33. The molecule has 0 aliphatic heterocycles. The lowest BCUT2D eigenvalue weighted by molar-refractivity contribution is 0.328. The van der Waals surface area contributed by atoms with E-state index in [1.807, 2.05) is 6.92 Å². The maximum Gasteiger partial charge on any atom is 0.242 e. The van der Waals surface area contributed by atoms with E-state index in [-0.39, 0.29) is 0 Å². The Hall–Kier alpha value is -2.18. The number of aromatic nitrogens is 5. The van der Waals surface area contributed by atoms with Gasteiger partial charge in [0, 0.05) is 0 Å². The lowest BCUT2D eigenvalue weighted by Crippen LogP contribution is -2.07. The molecule has 7 heteroatoms. The Kier molecular flexibility index (Phi) is 2.44. The summed E-state index contributed by atoms with van der Waals surface area (Å²) in [5.74, 6) is 0.823. The van der Waals surface area contributed by atoms with Crippen LogP contribution < -0.4 is 10.5 Å². The summed E-state index contributed by atoms with van der Waals surface area (Å²) < 4.78 is 6.70. The van der Waals surface area contributed by atoms with Crippen LogP contribution in [0.15, 0.2) is 19.0 Å². The maximum absolute atomic E-state index is 5.82. The molecule has 2 aromatic heterocycles. The van der Waals surface area contributed by atoms with Crippen LogP contribution in [0.2, 0.25) is 0 Å². The lowest BCUT2D eigenvalue weighted by Gasteiger charge is -2.07. The molecule has 0 fully saturated rings. The van der Waals surface area contributed by atoms with Crippen molar-refractivity contribution in [3.8, 4) is 11.7 Å². The second-order valence-electron chi connectivity index (χ2n) is 2.69. The van der Waals surface area contributed by atoms with Crippen molar-refractivity contribution in [3.63, 3.8) is 0 Å². The van der Waals surface area contributed by atoms with Crippen LogP contribution in [-0.2, 0) is 0 Å². The fourth-order valence-electron chi connectivity index (χ4n) is 1.12. The summed E-state index contributed by atoms with van der Waals surface area (Å²) in [6.07, 6.45) is 4.29. The molecule has 0 unspecified atom stereocenters. The molecule has 0 amide bonds. The van der Waals surface area contributed by atoms with Gasteiger partial charge in [0.15, 0.2) is 5.82 Å². The maximum atomic E-state index is 5.82. The molecule has 0 saturated carbocycles. The van der Waals surface area contributed by atoms with Gasteiger partial charge in [0.1, 0.15) is 24.7 Å². The van der Waals surface area contributed by atoms with Crippen LogP contribution >= 0.6 is 0 Å². The van der Waals surface area contributed by atoms with Crippen LogP contribution in [-0.4, -0.2) is 31.3 Å². The summed E-state index contributed by atoms with van der Waals surface area (Å²) in [4.78, 5) is 11.7. The molecule has 0 atom stereocenters. The predicted octanol–water partition coefficient (Wildman–Crippen LogP) is 0.0382. The minimum absolute atomic E-state index is 0.352. The zero-order chi connectivity index (χ0) is 10.7. The number of anilines is 1. The highest BCUT2D eigenvalue weighted by molar-refractivity contribution is 5.59. The highest BCUT2D eigenvalue weighted by Gasteiger charge is 2.10. The van der Waals surface area contributed by atoms with Crippen molar-refractivity contribution in [2.45, 2.75) is 6.92 Å². The first-order valence-electron chi connectivity index (χ1n) is 4.41. The normalized spacial score (nSPS) is 10.2. The third kappa shape index (κ3) is 1.71. The average Bonchev–Trinajstić information content (AvgIpc) is 2.74. The van der Waals surface area contributed by atoms with Crippen molar-refractivity contribution >= 4 is 5.69 Å². The quantitative estimate of drug-likeness (QED) is 0.762. The zero-order valence-corrected chi connectivity index (χ0v) is 8.16. The van der Waals surface area contributed by atoms with Crippen LogP contribution in [0.4, 0.5) is 5.69 Å². The van der Waals surface area contributed by atoms with Crippen molar-refractivity contribution in [1.82, 2.24) is 24.7 Å². The fourth-order valence-corrected chi connectivity index (χ4v) is 1.12. The Balaban J connectivity index is 2.45. The van der Waals surface area contributed by atoms with Gasteiger partial charge in [-0.2, -0.15) is 10.1 Å². The molecule has 2 rings (SSSR count). The first-order valence-corrected chi connectivity index (χ1v) is 4.41. The van der Waals surface area contributed by atoms with Gasteiger partial charge >= 0.3 is 0 Å². The molecule has 0 radical (unpaired) electrons. The third-order valence-electron chi connectivity index (χ3n) is 1.74. The Morgan fingerprint density at radius 2 is 2.27 bits per heavy atom. The molecule has 2 aromatic rings. The molecule has 0 saturated heterocycles. The molecule has 0 bridgehead atoms. The van der Waals surface area contributed by atoms with Crippen molar-refractivity contribution in [2.75, 3.05) is 12.3 Å². The largest absolute Gasteiger partial charge is 0.476 e. The Bertz CT molecular complexity index is 440. The van der Waals surface area contributed by atoms with Gasteiger partial charge in [0.25, 0.3) is 0 Å². The van der Waals surface area contributed by atoms with Crippen LogP contribution in [0.25, 0.3) is 5.82 Å². The number of rotatable bonds is 3. The smallest absolute Gasteiger partial charge is 0.242 e. The first kappa shape index (κ1) is 9.38. The third-order valence-corrected chi connectivity index (χ3v) is 1.74. The predicted molar refractivity (Wildman–Crippen MR) is 52.5 cm³/mol. The van der Waals surface area contributed by atoms with E-state index < -0.39 is 0 Å². The number of hydrogen-bond acceptors (Lipinski definition) is 6. The Morgan fingerprint density at radius 3 is 2.93 bits per heavy atom. The van der Waals surface area contributed by atoms with Gasteiger partial charge in [-0.05, 0) is 6.92 Å². The van der Waals surface area contributed by atoms with E-state index >= 15 is 0 Å². The molecule has 0 aromatic carbocycles.